The smallest absolute Gasteiger partial charge is 0.325 e. The van der Waals surface area contributed by atoms with Crippen molar-refractivity contribution >= 4 is 19.4 Å². The van der Waals surface area contributed by atoms with Crippen LogP contribution in [-0.4, -0.2) is 65.2 Å². The van der Waals surface area contributed by atoms with Crippen LogP contribution < -0.4 is 5.32 Å². The molecule has 1 saturated heterocycles. The Morgan fingerprint density at radius 2 is 2.04 bits per heavy atom. The zero-order chi connectivity index (χ0) is 17.5. The van der Waals surface area contributed by atoms with Crippen molar-refractivity contribution in [2.24, 2.45) is 0 Å². The fourth-order valence-electron chi connectivity index (χ4n) is 2.69. The standard InChI is InChI=1S/C14H27N2O6P/c1-11(18)15-7-5-3-4-6-14(19)16-9-13(8-12(16)10-17)22-23(2,20)21/h12-13,17H,3-10H2,1-2H3,(H,15,18)(H,20,21)/t12-,13+/m0/s1. The van der Waals surface area contributed by atoms with E-state index in [1.54, 1.807) is 0 Å². The molecule has 3 N–H and O–H groups in total. The van der Waals surface area contributed by atoms with Gasteiger partial charge in [0.15, 0.2) is 0 Å². The Kier molecular flexibility index (Phi) is 8.19. The fraction of sp³-hybridized carbons (Fsp3) is 0.857. The normalized spacial score (nSPS) is 23.6. The molecule has 134 valence electrons. The SMILES string of the molecule is CC(=O)NCCCCCC(=O)N1C[C@H](OP(C)(=O)O)C[C@H]1CO. The number of amides is 2. The largest absolute Gasteiger partial charge is 0.394 e. The molecule has 1 rings (SSSR count). The lowest BCUT2D eigenvalue weighted by Crippen LogP contribution is -2.37. The maximum Gasteiger partial charge on any atom is 0.325 e. The molecule has 1 aliphatic heterocycles. The Morgan fingerprint density at radius 1 is 1.35 bits per heavy atom. The minimum absolute atomic E-state index is 0.0629. The number of nitrogens with one attached hydrogen (secondary N) is 1. The van der Waals surface area contributed by atoms with E-state index >= 15 is 0 Å². The maximum absolute atomic E-state index is 12.2. The molecule has 1 unspecified atom stereocenters. The molecule has 0 spiro atoms. The Hall–Kier alpha value is -0.950. The molecule has 1 fully saturated rings. The van der Waals surface area contributed by atoms with Crippen molar-refractivity contribution in [3.8, 4) is 0 Å². The summed E-state index contributed by atoms with van der Waals surface area (Å²) in [7, 11) is -3.60. The number of aliphatic hydroxyl groups excluding tert-OH is 1. The van der Waals surface area contributed by atoms with Crippen LogP contribution in [0, 0.1) is 0 Å². The average Bonchev–Trinajstić information content (AvgIpc) is 2.82. The fourth-order valence-corrected chi connectivity index (χ4v) is 3.40. The second kappa shape index (κ2) is 9.37. The monoisotopic (exact) mass is 350 g/mol. The van der Waals surface area contributed by atoms with Crippen LogP contribution in [0.4, 0.5) is 0 Å². The molecule has 9 heteroatoms. The number of unbranched alkanes of at least 4 members (excludes halogenated alkanes) is 2. The van der Waals surface area contributed by atoms with Crippen molar-refractivity contribution in [2.45, 2.75) is 51.2 Å². The first-order chi connectivity index (χ1) is 10.7. The van der Waals surface area contributed by atoms with Crippen LogP contribution in [0.3, 0.4) is 0 Å². The lowest BCUT2D eigenvalue weighted by atomic mass is 10.1. The first-order valence-corrected chi connectivity index (χ1v) is 9.89. The number of carbonyl (C=O) groups is 2. The number of rotatable bonds is 9. The Bertz CT molecular complexity index is 453. The van der Waals surface area contributed by atoms with Gasteiger partial charge in [-0.05, 0) is 19.3 Å². The van der Waals surface area contributed by atoms with E-state index in [0.717, 1.165) is 19.5 Å². The summed E-state index contributed by atoms with van der Waals surface area (Å²) in [5, 5.41) is 12.1. The Balaban J connectivity index is 2.33. The predicted molar refractivity (Wildman–Crippen MR) is 85.0 cm³/mol. The predicted octanol–water partition coefficient (Wildman–Crippen LogP) is 0.476. The zero-order valence-corrected chi connectivity index (χ0v) is 14.6. The minimum Gasteiger partial charge on any atom is -0.394 e. The van der Waals surface area contributed by atoms with E-state index in [1.165, 1.54) is 11.8 Å². The molecule has 0 radical (unpaired) electrons. The van der Waals surface area contributed by atoms with Gasteiger partial charge < -0.3 is 24.7 Å². The topological polar surface area (TPSA) is 116 Å². The van der Waals surface area contributed by atoms with E-state index in [4.69, 9.17) is 4.52 Å². The highest BCUT2D eigenvalue weighted by atomic mass is 31.2. The molecule has 2 amide bonds. The molecule has 3 atom stereocenters. The number of likely N-dealkylation sites (tertiary alicyclic amines) is 1. The van der Waals surface area contributed by atoms with Gasteiger partial charge in [-0.25, -0.2) is 0 Å². The second-order valence-electron chi connectivity index (χ2n) is 5.94. The molecule has 0 aromatic heterocycles. The lowest BCUT2D eigenvalue weighted by molar-refractivity contribution is -0.133. The van der Waals surface area contributed by atoms with Crippen molar-refractivity contribution < 1.29 is 28.7 Å². The van der Waals surface area contributed by atoms with Crippen LogP contribution in [0.2, 0.25) is 0 Å². The van der Waals surface area contributed by atoms with Crippen LogP contribution in [-0.2, 0) is 18.7 Å². The van der Waals surface area contributed by atoms with E-state index < -0.39 is 13.7 Å². The summed E-state index contributed by atoms with van der Waals surface area (Å²) in [4.78, 5) is 33.7. The molecule has 0 saturated carbocycles. The van der Waals surface area contributed by atoms with Gasteiger partial charge in [-0.2, -0.15) is 0 Å². The van der Waals surface area contributed by atoms with Crippen molar-refractivity contribution in [1.82, 2.24) is 10.2 Å². The van der Waals surface area contributed by atoms with Gasteiger partial charge in [0.25, 0.3) is 0 Å². The van der Waals surface area contributed by atoms with Gasteiger partial charge in [0.05, 0.1) is 18.8 Å². The molecule has 23 heavy (non-hydrogen) atoms. The van der Waals surface area contributed by atoms with E-state index in [0.29, 0.717) is 25.8 Å². The Morgan fingerprint density at radius 3 is 2.61 bits per heavy atom. The van der Waals surface area contributed by atoms with Crippen LogP contribution in [0.15, 0.2) is 0 Å². The van der Waals surface area contributed by atoms with Crippen molar-refractivity contribution in [2.75, 3.05) is 26.4 Å². The molecule has 1 heterocycles. The van der Waals surface area contributed by atoms with E-state index in [2.05, 4.69) is 5.32 Å². The number of aliphatic hydroxyl groups is 1. The third kappa shape index (κ3) is 7.92. The first kappa shape index (κ1) is 20.1. The van der Waals surface area contributed by atoms with Gasteiger partial charge in [0.1, 0.15) is 0 Å². The van der Waals surface area contributed by atoms with Crippen molar-refractivity contribution in [3.63, 3.8) is 0 Å². The summed E-state index contributed by atoms with van der Waals surface area (Å²) in [6, 6.07) is -0.363. The van der Waals surface area contributed by atoms with Gasteiger partial charge >= 0.3 is 7.60 Å². The lowest BCUT2D eigenvalue weighted by Gasteiger charge is -2.22. The van der Waals surface area contributed by atoms with Crippen molar-refractivity contribution in [3.05, 3.63) is 0 Å². The van der Waals surface area contributed by atoms with E-state index in [9.17, 15) is 24.2 Å². The highest BCUT2D eigenvalue weighted by Crippen LogP contribution is 2.41. The van der Waals surface area contributed by atoms with Gasteiger partial charge in [0.2, 0.25) is 11.8 Å². The summed E-state index contributed by atoms with van der Waals surface area (Å²) >= 11 is 0. The number of hydrogen-bond donors (Lipinski definition) is 3. The third-order valence-corrected chi connectivity index (χ3v) is 4.38. The van der Waals surface area contributed by atoms with Crippen LogP contribution >= 0.6 is 7.60 Å². The Labute approximate surface area is 136 Å². The molecule has 1 aliphatic rings. The minimum atomic E-state index is -3.60. The van der Waals surface area contributed by atoms with E-state index in [1.807, 2.05) is 0 Å². The van der Waals surface area contributed by atoms with E-state index in [-0.39, 0.29) is 31.0 Å². The third-order valence-electron chi connectivity index (χ3n) is 3.69. The molecular weight excluding hydrogens is 323 g/mol. The van der Waals surface area contributed by atoms with Gasteiger partial charge in [0, 0.05) is 33.1 Å². The molecule has 0 aromatic carbocycles. The van der Waals surface area contributed by atoms with Crippen LogP contribution in [0.1, 0.15) is 39.0 Å². The zero-order valence-electron chi connectivity index (χ0n) is 13.7. The number of carbonyl (C=O) groups excluding carboxylic acids is 2. The maximum atomic E-state index is 12.2. The highest BCUT2D eigenvalue weighted by molar-refractivity contribution is 7.51. The average molecular weight is 350 g/mol. The number of hydrogen-bond acceptors (Lipinski definition) is 5. The van der Waals surface area contributed by atoms with Crippen molar-refractivity contribution in [1.29, 1.82) is 0 Å². The summed E-state index contributed by atoms with van der Waals surface area (Å²) in [6.07, 6.45) is 2.53. The number of nitrogens with zero attached hydrogens (tertiary/aromatic N) is 1. The molecular formula is C14H27N2O6P. The van der Waals surface area contributed by atoms with Gasteiger partial charge in [-0.3, -0.25) is 14.2 Å². The van der Waals surface area contributed by atoms with Crippen LogP contribution in [0.25, 0.3) is 0 Å². The molecule has 8 nitrogen and oxygen atoms in total. The first-order valence-electron chi connectivity index (χ1n) is 7.86. The molecule has 0 aromatic rings. The quantitative estimate of drug-likeness (QED) is 0.411. The van der Waals surface area contributed by atoms with Gasteiger partial charge in [-0.1, -0.05) is 6.42 Å². The second-order valence-corrected chi connectivity index (χ2v) is 7.76. The summed E-state index contributed by atoms with van der Waals surface area (Å²) in [5.74, 6) is -0.148. The van der Waals surface area contributed by atoms with Crippen LogP contribution in [0.5, 0.6) is 0 Å². The van der Waals surface area contributed by atoms with Gasteiger partial charge in [-0.15, -0.1) is 0 Å². The summed E-state index contributed by atoms with van der Waals surface area (Å²) < 4.78 is 16.4. The summed E-state index contributed by atoms with van der Waals surface area (Å²) in [6.45, 7) is 3.22. The molecule has 0 aliphatic carbocycles. The molecule has 0 bridgehead atoms. The summed E-state index contributed by atoms with van der Waals surface area (Å²) in [5.41, 5.74) is 0. The highest BCUT2D eigenvalue weighted by Gasteiger charge is 2.37.